The molecule has 0 aliphatic heterocycles. The fourth-order valence-corrected chi connectivity index (χ4v) is 1.49. The van der Waals surface area contributed by atoms with Crippen molar-refractivity contribution in [1.29, 1.82) is 0 Å². The molecule has 0 saturated carbocycles. The SMILES string of the molecule is O=C(NCc1ccccc1)Nc1ccc([18F])cc1. The van der Waals surface area contributed by atoms with Crippen LogP contribution < -0.4 is 10.6 Å². The molecule has 0 heterocycles. The van der Waals surface area contributed by atoms with Gasteiger partial charge in [-0.1, -0.05) is 30.3 Å². The third-order valence-electron chi connectivity index (χ3n) is 2.40. The van der Waals surface area contributed by atoms with E-state index >= 15 is 0 Å². The minimum absolute atomic E-state index is 0.314. The van der Waals surface area contributed by atoms with Crippen LogP contribution in [0.15, 0.2) is 54.6 Å². The van der Waals surface area contributed by atoms with Gasteiger partial charge in [-0.3, -0.25) is 0 Å². The lowest BCUT2D eigenvalue weighted by atomic mass is 10.2. The van der Waals surface area contributed by atoms with E-state index in [1.54, 1.807) is 0 Å². The summed E-state index contributed by atoms with van der Waals surface area (Å²) in [6.45, 7) is 0.452. The third kappa shape index (κ3) is 3.59. The summed E-state index contributed by atoms with van der Waals surface area (Å²) < 4.78 is 12.7. The highest BCUT2D eigenvalue weighted by Gasteiger charge is 2.01. The zero-order valence-corrected chi connectivity index (χ0v) is 9.69. The number of urea groups is 1. The van der Waals surface area contributed by atoms with Crippen LogP contribution >= 0.6 is 0 Å². The quantitative estimate of drug-likeness (QED) is 0.854. The van der Waals surface area contributed by atoms with Crippen LogP contribution in [0, 0.1) is 5.82 Å². The Morgan fingerprint density at radius 3 is 2.33 bits per heavy atom. The van der Waals surface area contributed by atoms with Crippen LogP contribution in [0.2, 0.25) is 0 Å². The molecule has 0 spiro atoms. The van der Waals surface area contributed by atoms with E-state index in [0.717, 1.165) is 5.56 Å². The van der Waals surface area contributed by atoms with E-state index in [-0.39, 0.29) is 11.8 Å². The molecule has 0 aromatic heterocycles. The number of hydrogen-bond acceptors (Lipinski definition) is 1. The second-order valence-electron chi connectivity index (χ2n) is 3.80. The summed E-state index contributed by atoms with van der Waals surface area (Å²) in [6, 6.07) is 14.9. The van der Waals surface area contributed by atoms with Gasteiger partial charge in [0, 0.05) is 12.2 Å². The van der Waals surface area contributed by atoms with Gasteiger partial charge in [-0.05, 0) is 29.8 Å². The normalized spacial score (nSPS) is 9.83. The number of carbonyl (C=O) groups is 1. The Bertz CT molecular complexity index is 511. The maximum absolute atomic E-state index is 12.7. The van der Waals surface area contributed by atoms with Gasteiger partial charge in [-0.15, -0.1) is 0 Å². The highest BCUT2D eigenvalue weighted by atomic mass is 18.2. The topological polar surface area (TPSA) is 41.1 Å². The molecule has 0 atom stereocenters. The Hall–Kier alpha value is -2.36. The first-order valence-electron chi connectivity index (χ1n) is 5.58. The lowest BCUT2D eigenvalue weighted by Gasteiger charge is -2.07. The van der Waals surface area contributed by atoms with Crippen molar-refractivity contribution in [2.24, 2.45) is 0 Å². The molecule has 4 heteroatoms. The number of rotatable bonds is 3. The van der Waals surface area contributed by atoms with Gasteiger partial charge in [0.2, 0.25) is 0 Å². The van der Waals surface area contributed by atoms with E-state index in [1.807, 2.05) is 30.3 Å². The lowest BCUT2D eigenvalue weighted by molar-refractivity contribution is 0.251. The van der Waals surface area contributed by atoms with E-state index in [4.69, 9.17) is 0 Å². The summed E-state index contributed by atoms with van der Waals surface area (Å²) >= 11 is 0. The molecule has 0 unspecified atom stereocenters. The Labute approximate surface area is 105 Å². The second-order valence-corrected chi connectivity index (χ2v) is 3.80. The van der Waals surface area contributed by atoms with Gasteiger partial charge in [0.1, 0.15) is 5.82 Å². The van der Waals surface area contributed by atoms with E-state index < -0.39 is 0 Å². The maximum Gasteiger partial charge on any atom is 0.319 e. The molecular weight excluding hydrogens is 230 g/mol. The zero-order chi connectivity index (χ0) is 12.8. The molecular formula is C14H13FN2O. The smallest absolute Gasteiger partial charge is 0.319 e. The van der Waals surface area contributed by atoms with Crippen molar-refractivity contribution in [3.8, 4) is 0 Å². The summed E-state index contributed by atoms with van der Waals surface area (Å²) in [5.74, 6) is -0.328. The number of hydrogen-bond donors (Lipinski definition) is 2. The molecule has 0 radical (unpaired) electrons. The molecule has 3 nitrogen and oxygen atoms in total. The lowest BCUT2D eigenvalue weighted by Crippen LogP contribution is -2.28. The van der Waals surface area contributed by atoms with Gasteiger partial charge in [0.15, 0.2) is 0 Å². The van der Waals surface area contributed by atoms with Crippen molar-refractivity contribution in [3.05, 3.63) is 66.0 Å². The summed E-state index contributed by atoms with van der Waals surface area (Å²) in [7, 11) is 0. The summed E-state index contributed by atoms with van der Waals surface area (Å²) in [5, 5.41) is 5.34. The van der Waals surface area contributed by atoms with Crippen LogP contribution in [-0.4, -0.2) is 6.03 Å². The van der Waals surface area contributed by atoms with E-state index in [0.29, 0.717) is 12.2 Å². The van der Waals surface area contributed by atoms with Crippen LogP contribution in [0.3, 0.4) is 0 Å². The molecule has 2 aromatic carbocycles. The van der Waals surface area contributed by atoms with Gasteiger partial charge in [-0.25, -0.2) is 9.18 Å². The minimum atomic E-state index is -0.328. The van der Waals surface area contributed by atoms with Crippen molar-refractivity contribution in [2.45, 2.75) is 6.54 Å². The Morgan fingerprint density at radius 1 is 1.00 bits per heavy atom. The van der Waals surface area contributed by atoms with Crippen molar-refractivity contribution in [3.63, 3.8) is 0 Å². The predicted octanol–water partition coefficient (Wildman–Crippen LogP) is 3.15. The molecule has 0 aliphatic rings. The molecule has 0 aliphatic carbocycles. The first-order chi connectivity index (χ1) is 8.74. The standard InChI is InChI=1S/C14H13FN2O/c15-12-6-8-13(9-7-12)17-14(18)16-10-11-4-2-1-3-5-11/h1-9H,10H2,(H2,16,17,18)/i15-1. The molecule has 2 aromatic rings. The predicted molar refractivity (Wildman–Crippen MR) is 68.7 cm³/mol. The molecule has 2 rings (SSSR count). The fraction of sp³-hybridized carbons (Fsp3) is 0.0714. The molecule has 0 saturated heterocycles. The molecule has 0 bridgehead atoms. The van der Waals surface area contributed by atoms with Crippen LogP contribution in [0.1, 0.15) is 5.56 Å². The summed E-state index contributed by atoms with van der Waals surface area (Å²) in [5.41, 5.74) is 1.58. The summed E-state index contributed by atoms with van der Waals surface area (Å²) in [6.07, 6.45) is 0. The Balaban J connectivity index is 1.84. The Morgan fingerprint density at radius 2 is 1.67 bits per heavy atom. The van der Waals surface area contributed by atoms with E-state index in [1.165, 1.54) is 24.3 Å². The monoisotopic (exact) mass is 243 g/mol. The highest BCUT2D eigenvalue weighted by molar-refractivity contribution is 5.89. The van der Waals surface area contributed by atoms with E-state index in [9.17, 15) is 9.18 Å². The summed E-state index contributed by atoms with van der Waals surface area (Å²) in [4.78, 5) is 11.6. The number of halogens is 1. The van der Waals surface area contributed by atoms with E-state index in [2.05, 4.69) is 10.6 Å². The van der Waals surface area contributed by atoms with Gasteiger partial charge in [0.25, 0.3) is 0 Å². The Kier molecular flexibility index (Phi) is 3.91. The molecule has 18 heavy (non-hydrogen) atoms. The molecule has 92 valence electrons. The fourth-order valence-electron chi connectivity index (χ4n) is 1.49. The number of carbonyl (C=O) groups excluding carboxylic acids is 1. The van der Waals surface area contributed by atoms with Crippen molar-refractivity contribution in [2.75, 3.05) is 5.32 Å². The number of nitrogens with one attached hydrogen (secondary N) is 2. The second kappa shape index (κ2) is 5.82. The average Bonchev–Trinajstić information content (AvgIpc) is 2.40. The first-order valence-corrected chi connectivity index (χ1v) is 5.58. The van der Waals surface area contributed by atoms with Crippen LogP contribution in [0.25, 0.3) is 0 Å². The van der Waals surface area contributed by atoms with Crippen LogP contribution in [0.5, 0.6) is 0 Å². The highest BCUT2D eigenvalue weighted by Crippen LogP contribution is 2.07. The molecule has 2 amide bonds. The number of benzene rings is 2. The van der Waals surface area contributed by atoms with Crippen LogP contribution in [-0.2, 0) is 6.54 Å². The average molecular weight is 243 g/mol. The number of anilines is 1. The third-order valence-corrected chi connectivity index (χ3v) is 2.40. The molecule has 0 fully saturated rings. The largest absolute Gasteiger partial charge is 0.334 e. The van der Waals surface area contributed by atoms with Crippen molar-refractivity contribution >= 4 is 11.7 Å². The minimum Gasteiger partial charge on any atom is -0.334 e. The first kappa shape index (κ1) is 12.1. The van der Waals surface area contributed by atoms with Crippen LogP contribution in [0.4, 0.5) is 14.9 Å². The van der Waals surface area contributed by atoms with Gasteiger partial charge in [-0.2, -0.15) is 0 Å². The van der Waals surface area contributed by atoms with Gasteiger partial charge >= 0.3 is 6.03 Å². The van der Waals surface area contributed by atoms with Gasteiger partial charge < -0.3 is 10.6 Å². The number of amides is 2. The molecule has 2 N–H and O–H groups in total. The van der Waals surface area contributed by atoms with Crippen molar-refractivity contribution < 1.29 is 9.18 Å². The zero-order valence-electron chi connectivity index (χ0n) is 9.69. The van der Waals surface area contributed by atoms with Crippen molar-refractivity contribution in [1.82, 2.24) is 5.32 Å². The van der Waals surface area contributed by atoms with Gasteiger partial charge in [0.05, 0.1) is 0 Å². The maximum atomic E-state index is 12.7.